The Morgan fingerprint density at radius 2 is 1.88 bits per heavy atom. The molecule has 136 valence electrons. The molecule has 1 aromatic heterocycles. The van der Waals surface area contributed by atoms with Gasteiger partial charge in [0.15, 0.2) is 6.23 Å². The number of pyridine rings is 1. The Labute approximate surface area is 150 Å². The quantitative estimate of drug-likeness (QED) is 0.440. The summed E-state index contributed by atoms with van der Waals surface area (Å²) in [5.41, 5.74) is 2.18. The summed E-state index contributed by atoms with van der Waals surface area (Å²) in [6, 6.07) is 3.88. The Balaban J connectivity index is 2.15. The summed E-state index contributed by atoms with van der Waals surface area (Å²) in [4.78, 5) is 0. The van der Waals surface area contributed by atoms with Crippen molar-refractivity contribution in [2.45, 2.75) is 62.7 Å². The highest BCUT2D eigenvalue weighted by atomic mass is 32.1. The van der Waals surface area contributed by atoms with Crippen molar-refractivity contribution < 1.29 is 25.2 Å². The number of aliphatic hydroxyl groups excluding tert-OH is 4. The lowest BCUT2D eigenvalue weighted by molar-refractivity contribution is -0.252. The molecule has 0 amide bonds. The van der Waals surface area contributed by atoms with Crippen LogP contribution in [0.4, 0.5) is 0 Å². The molecule has 2 aliphatic rings. The summed E-state index contributed by atoms with van der Waals surface area (Å²) in [5.74, 6) is 0. The zero-order valence-electron chi connectivity index (χ0n) is 13.7. The molecule has 3 rings (SSSR count). The Kier molecular flexibility index (Phi) is 5.53. The van der Waals surface area contributed by atoms with E-state index in [-0.39, 0.29) is 4.64 Å². The average Bonchev–Trinajstić information content (AvgIpc) is 2.85. The topological polar surface area (TPSA) is 119 Å². The van der Waals surface area contributed by atoms with Crippen molar-refractivity contribution in [1.29, 1.82) is 5.26 Å². The van der Waals surface area contributed by atoms with Crippen LogP contribution in [0.5, 0.6) is 0 Å². The lowest BCUT2D eigenvalue weighted by Gasteiger charge is -2.41. The Morgan fingerprint density at radius 1 is 1.16 bits per heavy atom. The van der Waals surface area contributed by atoms with E-state index < -0.39 is 37.3 Å². The van der Waals surface area contributed by atoms with Gasteiger partial charge in [0.25, 0.3) is 0 Å². The maximum Gasteiger partial charge on any atom is 0.164 e. The molecule has 0 bridgehead atoms. The third-order valence-electron chi connectivity index (χ3n) is 5.03. The summed E-state index contributed by atoms with van der Waals surface area (Å²) in [7, 11) is 0. The maximum atomic E-state index is 10.5. The number of aryl methyl sites for hydroxylation is 1. The maximum absolute atomic E-state index is 10.5. The van der Waals surface area contributed by atoms with Crippen LogP contribution < -0.4 is 0 Å². The van der Waals surface area contributed by atoms with Crippen molar-refractivity contribution in [2.24, 2.45) is 0 Å². The SMILES string of the molecule is N#Cc1cc2c(n([C@@H]3O[C@H](CO)[C@@H](O)[C@H](O)[C@H]3O)c1=S)CCCCC2. The second kappa shape index (κ2) is 7.50. The highest BCUT2D eigenvalue weighted by Crippen LogP contribution is 2.33. The van der Waals surface area contributed by atoms with Crippen LogP contribution in [0.3, 0.4) is 0 Å². The molecule has 5 atom stereocenters. The summed E-state index contributed by atoms with van der Waals surface area (Å²) >= 11 is 5.44. The molecular formula is C17H22N2O5S. The van der Waals surface area contributed by atoms with Crippen LogP contribution in [-0.2, 0) is 17.6 Å². The van der Waals surface area contributed by atoms with E-state index in [1.165, 1.54) is 0 Å². The number of ether oxygens (including phenoxy) is 1. The van der Waals surface area contributed by atoms with E-state index in [0.29, 0.717) is 5.56 Å². The predicted molar refractivity (Wildman–Crippen MR) is 90.3 cm³/mol. The van der Waals surface area contributed by atoms with Crippen molar-refractivity contribution in [3.05, 3.63) is 27.5 Å². The van der Waals surface area contributed by atoms with Gasteiger partial charge in [-0.3, -0.25) is 0 Å². The van der Waals surface area contributed by atoms with Gasteiger partial charge >= 0.3 is 0 Å². The summed E-state index contributed by atoms with van der Waals surface area (Å²) in [5, 5.41) is 49.4. The van der Waals surface area contributed by atoms with Gasteiger partial charge < -0.3 is 29.7 Å². The van der Waals surface area contributed by atoms with Crippen LogP contribution in [0.15, 0.2) is 6.07 Å². The number of hydrogen-bond donors (Lipinski definition) is 4. The van der Waals surface area contributed by atoms with E-state index in [1.54, 1.807) is 10.6 Å². The number of nitriles is 1. The minimum absolute atomic E-state index is 0.229. The first-order valence-electron chi connectivity index (χ1n) is 8.47. The van der Waals surface area contributed by atoms with Gasteiger partial charge in [-0.05, 0) is 37.3 Å². The molecular weight excluding hydrogens is 344 g/mol. The van der Waals surface area contributed by atoms with Crippen LogP contribution >= 0.6 is 12.2 Å². The highest BCUT2D eigenvalue weighted by Gasteiger charge is 2.45. The predicted octanol–water partition coefficient (Wildman–Crippen LogP) is 0.331. The molecule has 0 unspecified atom stereocenters. The van der Waals surface area contributed by atoms with E-state index in [1.807, 2.05) is 0 Å². The van der Waals surface area contributed by atoms with E-state index in [2.05, 4.69) is 6.07 Å². The molecule has 0 spiro atoms. The fourth-order valence-corrected chi connectivity index (χ4v) is 3.97. The smallest absolute Gasteiger partial charge is 0.164 e. The number of fused-ring (bicyclic) bond motifs is 1. The molecule has 1 aromatic rings. The van der Waals surface area contributed by atoms with Crippen LogP contribution in [0.2, 0.25) is 0 Å². The molecule has 1 saturated heterocycles. The van der Waals surface area contributed by atoms with Crippen molar-refractivity contribution >= 4 is 12.2 Å². The zero-order chi connectivity index (χ0) is 18.1. The standard InChI is InChI=1S/C17H22N2O5S/c18-7-10-6-9-4-2-1-3-5-11(9)19(17(10)25)16-15(23)14(22)13(21)12(8-20)24-16/h6,12-16,20-23H,1-5,8H2/t12-,13-,14+,15-,16-/m1/s1. The second-order valence-electron chi connectivity index (χ2n) is 6.60. The van der Waals surface area contributed by atoms with Crippen molar-refractivity contribution in [1.82, 2.24) is 4.57 Å². The van der Waals surface area contributed by atoms with Crippen LogP contribution in [0.25, 0.3) is 0 Å². The highest BCUT2D eigenvalue weighted by molar-refractivity contribution is 7.71. The van der Waals surface area contributed by atoms with Gasteiger partial charge in [-0.1, -0.05) is 18.6 Å². The largest absolute Gasteiger partial charge is 0.394 e. The van der Waals surface area contributed by atoms with Gasteiger partial charge in [0, 0.05) is 5.69 Å². The molecule has 2 heterocycles. The third kappa shape index (κ3) is 3.24. The Morgan fingerprint density at radius 3 is 2.56 bits per heavy atom. The summed E-state index contributed by atoms with van der Waals surface area (Å²) in [6.45, 7) is -0.505. The number of aromatic nitrogens is 1. The fourth-order valence-electron chi connectivity index (χ4n) is 3.65. The molecule has 0 radical (unpaired) electrons. The van der Waals surface area contributed by atoms with E-state index in [9.17, 15) is 25.7 Å². The normalized spacial score (nSPS) is 32.5. The van der Waals surface area contributed by atoms with Crippen molar-refractivity contribution in [3.63, 3.8) is 0 Å². The molecule has 1 fully saturated rings. The summed E-state index contributed by atoms with van der Waals surface area (Å²) in [6.07, 6.45) is -1.89. The number of hydrogen-bond acceptors (Lipinski definition) is 7. The molecule has 1 aliphatic heterocycles. The fraction of sp³-hybridized carbons (Fsp3) is 0.647. The second-order valence-corrected chi connectivity index (χ2v) is 6.98. The number of aliphatic hydroxyl groups is 4. The molecule has 0 aromatic carbocycles. The van der Waals surface area contributed by atoms with Crippen LogP contribution in [-0.4, -0.2) is 56.0 Å². The van der Waals surface area contributed by atoms with Gasteiger partial charge in [0.1, 0.15) is 35.1 Å². The van der Waals surface area contributed by atoms with Gasteiger partial charge in [0.05, 0.1) is 12.2 Å². The lowest BCUT2D eigenvalue weighted by Crippen LogP contribution is -2.56. The average molecular weight is 366 g/mol. The first-order chi connectivity index (χ1) is 12.0. The lowest BCUT2D eigenvalue weighted by atomic mass is 9.97. The Hall–Kier alpha value is -1.34. The minimum atomic E-state index is -1.48. The van der Waals surface area contributed by atoms with Crippen molar-refractivity contribution in [3.8, 4) is 6.07 Å². The molecule has 8 heteroatoms. The molecule has 4 N–H and O–H groups in total. The molecule has 1 aliphatic carbocycles. The number of rotatable bonds is 2. The van der Waals surface area contributed by atoms with Gasteiger partial charge in [0.2, 0.25) is 0 Å². The minimum Gasteiger partial charge on any atom is -0.394 e. The van der Waals surface area contributed by atoms with Gasteiger partial charge in [-0.2, -0.15) is 5.26 Å². The van der Waals surface area contributed by atoms with Crippen LogP contribution in [0.1, 0.15) is 42.3 Å². The molecule has 7 nitrogen and oxygen atoms in total. The van der Waals surface area contributed by atoms with Gasteiger partial charge in [-0.15, -0.1) is 0 Å². The zero-order valence-corrected chi connectivity index (χ0v) is 14.5. The molecule has 25 heavy (non-hydrogen) atoms. The first kappa shape index (κ1) is 18.5. The van der Waals surface area contributed by atoms with E-state index in [4.69, 9.17) is 17.0 Å². The van der Waals surface area contributed by atoms with E-state index in [0.717, 1.165) is 43.4 Å². The monoisotopic (exact) mass is 366 g/mol. The number of nitrogens with zero attached hydrogens (tertiary/aromatic N) is 2. The van der Waals surface area contributed by atoms with Gasteiger partial charge in [-0.25, -0.2) is 0 Å². The van der Waals surface area contributed by atoms with Crippen molar-refractivity contribution in [2.75, 3.05) is 6.61 Å². The molecule has 0 saturated carbocycles. The first-order valence-corrected chi connectivity index (χ1v) is 8.88. The van der Waals surface area contributed by atoms with Crippen LogP contribution in [0, 0.1) is 16.0 Å². The van der Waals surface area contributed by atoms with E-state index >= 15 is 0 Å². The third-order valence-corrected chi connectivity index (χ3v) is 5.45. The Bertz CT molecular complexity index is 742. The summed E-state index contributed by atoms with van der Waals surface area (Å²) < 4.78 is 7.50.